The van der Waals surface area contributed by atoms with Gasteiger partial charge in [-0.2, -0.15) is 0 Å². The standard InChI is InChI=1S/C17H18N4O2S/c1-12-17(21-16-5-3-2-4-15(16)20-12)19-11-10-13-6-8-14(9-7-13)24(18,22)23/h2-9H,10-11H2,1H3,(H,19,21)(H2,18,22,23). The molecule has 0 aliphatic heterocycles. The second-order valence-electron chi connectivity index (χ2n) is 5.51. The van der Waals surface area contributed by atoms with E-state index in [9.17, 15) is 8.42 Å². The van der Waals surface area contributed by atoms with Gasteiger partial charge in [0.25, 0.3) is 0 Å². The lowest BCUT2D eigenvalue weighted by Gasteiger charge is -2.09. The van der Waals surface area contributed by atoms with Crippen LogP contribution in [-0.4, -0.2) is 24.9 Å². The van der Waals surface area contributed by atoms with Crippen LogP contribution in [0, 0.1) is 6.92 Å². The van der Waals surface area contributed by atoms with Gasteiger partial charge in [0.15, 0.2) is 0 Å². The van der Waals surface area contributed by atoms with Gasteiger partial charge in [-0.05, 0) is 43.2 Å². The molecule has 0 spiro atoms. The minimum absolute atomic E-state index is 0.121. The number of sulfonamides is 1. The lowest BCUT2D eigenvalue weighted by molar-refractivity contribution is 0.598. The van der Waals surface area contributed by atoms with E-state index < -0.39 is 10.0 Å². The highest BCUT2D eigenvalue weighted by molar-refractivity contribution is 7.89. The Morgan fingerprint density at radius 3 is 2.25 bits per heavy atom. The molecule has 7 heteroatoms. The number of rotatable bonds is 5. The minimum atomic E-state index is -3.64. The molecule has 124 valence electrons. The number of nitrogens with one attached hydrogen (secondary N) is 1. The predicted octanol–water partition coefficient (Wildman–Crippen LogP) is 2.24. The van der Waals surface area contributed by atoms with E-state index in [4.69, 9.17) is 5.14 Å². The Bertz CT molecular complexity index is 970. The molecule has 0 aliphatic rings. The molecule has 0 radical (unpaired) electrons. The SMILES string of the molecule is Cc1nc2ccccc2nc1NCCc1ccc(S(N)(=O)=O)cc1. The number of benzene rings is 2. The van der Waals surface area contributed by atoms with Crippen LogP contribution in [0.25, 0.3) is 11.0 Å². The maximum Gasteiger partial charge on any atom is 0.238 e. The maximum absolute atomic E-state index is 11.2. The van der Waals surface area contributed by atoms with Gasteiger partial charge in [0, 0.05) is 6.54 Å². The molecule has 24 heavy (non-hydrogen) atoms. The number of nitrogens with zero attached hydrogens (tertiary/aromatic N) is 2. The highest BCUT2D eigenvalue weighted by atomic mass is 32.2. The number of hydrogen-bond acceptors (Lipinski definition) is 5. The van der Waals surface area contributed by atoms with Crippen LogP contribution in [0.15, 0.2) is 53.4 Å². The van der Waals surface area contributed by atoms with Gasteiger partial charge >= 0.3 is 0 Å². The van der Waals surface area contributed by atoms with E-state index in [1.807, 2.05) is 31.2 Å². The summed E-state index contributed by atoms with van der Waals surface area (Å²) in [5.74, 6) is 0.759. The van der Waals surface area contributed by atoms with Crippen LogP contribution >= 0.6 is 0 Å². The van der Waals surface area contributed by atoms with E-state index in [1.165, 1.54) is 12.1 Å². The predicted molar refractivity (Wildman–Crippen MR) is 94.3 cm³/mol. The van der Waals surface area contributed by atoms with E-state index in [1.54, 1.807) is 12.1 Å². The smallest absolute Gasteiger partial charge is 0.238 e. The van der Waals surface area contributed by atoms with Gasteiger partial charge < -0.3 is 5.32 Å². The van der Waals surface area contributed by atoms with Gasteiger partial charge in [-0.3, -0.25) is 0 Å². The Morgan fingerprint density at radius 1 is 1.00 bits per heavy atom. The van der Waals surface area contributed by atoms with Crippen molar-refractivity contribution in [1.82, 2.24) is 9.97 Å². The zero-order chi connectivity index (χ0) is 17.2. The zero-order valence-corrected chi connectivity index (χ0v) is 14.0. The van der Waals surface area contributed by atoms with Crippen molar-refractivity contribution in [3.8, 4) is 0 Å². The first-order valence-corrected chi connectivity index (χ1v) is 9.07. The van der Waals surface area contributed by atoms with Crippen LogP contribution in [-0.2, 0) is 16.4 Å². The van der Waals surface area contributed by atoms with E-state index in [0.29, 0.717) is 6.54 Å². The Hall–Kier alpha value is -2.51. The van der Waals surface area contributed by atoms with Gasteiger partial charge in [-0.15, -0.1) is 0 Å². The van der Waals surface area contributed by atoms with E-state index in [2.05, 4.69) is 15.3 Å². The number of fused-ring (bicyclic) bond motifs is 1. The number of para-hydroxylation sites is 2. The van der Waals surface area contributed by atoms with Gasteiger partial charge in [0.2, 0.25) is 10.0 Å². The number of nitrogens with two attached hydrogens (primary N) is 1. The second-order valence-corrected chi connectivity index (χ2v) is 7.07. The molecule has 0 bridgehead atoms. The third-order valence-electron chi connectivity index (χ3n) is 3.70. The van der Waals surface area contributed by atoms with Crippen molar-refractivity contribution in [1.29, 1.82) is 0 Å². The minimum Gasteiger partial charge on any atom is -0.368 e. The molecule has 0 aliphatic carbocycles. The van der Waals surface area contributed by atoms with Crippen LogP contribution in [0.5, 0.6) is 0 Å². The molecule has 2 aromatic carbocycles. The van der Waals surface area contributed by atoms with Crippen molar-refractivity contribution in [3.63, 3.8) is 0 Å². The normalized spacial score (nSPS) is 11.6. The lowest BCUT2D eigenvalue weighted by atomic mass is 10.1. The molecule has 1 heterocycles. The first-order chi connectivity index (χ1) is 11.4. The Balaban J connectivity index is 1.67. The van der Waals surface area contributed by atoms with E-state index in [-0.39, 0.29) is 4.90 Å². The summed E-state index contributed by atoms with van der Waals surface area (Å²) in [4.78, 5) is 9.24. The van der Waals surface area contributed by atoms with Crippen LogP contribution in [0.2, 0.25) is 0 Å². The summed E-state index contributed by atoms with van der Waals surface area (Å²) in [5, 5.41) is 8.37. The first kappa shape index (κ1) is 16.4. The molecule has 0 fully saturated rings. The Labute approximate surface area is 140 Å². The van der Waals surface area contributed by atoms with Gasteiger partial charge in [0.05, 0.1) is 21.6 Å². The summed E-state index contributed by atoms with van der Waals surface area (Å²) < 4.78 is 22.5. The number of anilines is 1. The summed E-state index contributed by atoms with van der Waals surface area (Å²) in [7, 11) is -3.64. The van der Waals surface area contributed by atoms with Crippen molar-refractivity contribution >= 4 is 26.9 Å². The van der Waals surface area contributed by atoms with Crippen molar-refractivity contribution < 1.29 is 8.42 Å². The van der Waals surface area contributed by atoms with Crippen LogP contribution < -0.4 is 10.5 Å². The molecule has 3 N–H and O–H groups in total. The molecule has 0 saturated carbocycles. The van der Waals surface area contributed by atoms with E-state index >= 15 is 0 Å². The monoisotopic (exact) mass is 342 g/mol. The molecular formula is C17H18N4O2S. The third-order valence-corrected chi connectivity index (χ3v) is 4.63. The van der Waals surface area contributed by atoms with Crippen LogP contribution in [0.3, 0.4) is 0 Å². The molecule has 6 nitrogen and oxygen atoms in total. The molecule has 1 aromatic heterocycles. The Morgan fingerprint density at radius 2 is 1.62 bits per heavy atom. The van der Waals surface area contributed by atoms with Crippen molar-refractivity contribution in [2.75, 3.05) is 11.9 Å². The van der Waals surface area contributed by atoms with Crippen LogP contribution in [0.4, 0.5) is 5.82 Å². The molecule has 3 aromatic rings. The topological polar surface area (TPSA) is 98.0 Å². The number of hydrogen-bond donors (Lipinski definition) is 2. The van der Waals surface area contributed by atoms with Crippen LogP contribution in [0.1, 0.15) is 11.3 Å². The fourth-order valence-corrected chi connectivity index (χ4v) is 2.94. The quantitative estimate of drug-likeness (QED) is 0.741. The second kappa shape index (κ2) is 6.54. The molecule has 0 amide bonds. The molecule has 0 unspecified atom stereocenters. The van der Waals surface area contributed by atoms with Crippen molar-refractivity contribution in [3.05, 3.63) is 59.8 Å². The van der Waals surface area contributed by atoms with Gasteiger partial charge in [0.1, 0.15) is 5.82 Å². The highest BCUT2D eigenvalue weighted by Crippen LogP contribution is 2.16. The molecule has 3 rings (SSSR count). The largest absolute Gasteiger partial charge is 0.368 e. The number of aryl methyl sites for hydroxylation is 1. The summed E-state index contributed by atoms with van der Waals surface area (Å²) in [5.41, 5.74) is 3.59. The average Bonchev–Trinajstić information content (AvgIpc) is 2.55. The fraction of sp³-hybridized carbons (Fsp3) is 0.176. The lowest BCUT2D eigenvalue weighted by Crippen LogP contribution is -2.12. The van der Waals surface area contributed by atoms with Crippen molar-refractivity contribution in [2.24, 2.45) is 5.14 Å². The van der Waals surface area contributed by atoms with Crippen molar-refractivity contribution in [2.45, 2.75) is 18.2 Å². The van der Waals surface area contributed by atoms with Gasteiger partial charge in [-0.25, -0.2) is 23.5 Å². The molecule has 0 atom stereocenters. The highest BCUT2D eigenvalue weighted by Gasteiger charge is 2.07. The number of primary sulfonamides is 1. The fourth-order valence-electron chi connectivity index (χ4n) is 2.43. The number of aromatic nitrogens is 2. The summed E-state index contributed by atoms with van der Waals surface area (Å²) in [6.45, 7) is 2.59. The Kier molecular flexibility index (Phi) is 4.46. The zero-order valence-electron chi connectivity index (χ0n) is 13.2. The summed E-state index contributed by atoms with van der Waals surface area (Å²) in [6.07, 6.45) is 0.735. The maximum atomic E-state index is 11.2. The van der Waals surface area contributed by atoms with E-state index in [0.717, 1.165) is 34.5 Å². The summed E-state index contributed by atoms with van der Waals surface area (Å²) >= 11 is 0. The first-order valence-electron chi connectivity index (χ1n) is 7.52. The van der Waals surface area contributed by atoms with Gasteiger partial charge in [-0.1, -0.05) is 24.3 Å². The molecular weight excluding hydrogens is 324 g/mol. The summed E-state index contributed by atoms with van der Waals surface area (Å²) in [6, 6.07) is 14.3. The molecule has 0 saturated heterocycles. The third kappa shape index (κ3) is 3.69. The average molecular weight is 342 g/mol.